The molecule has 0 aliphatic heterocycles. The van der Waals surface area contributed by atoms with Crippen molar-refractivity contribution in [2.45, 2.75) is 19.5 Å². The number of rotatable bonds is 4. The van der Waals surface area contributed by atoms with Gasteiger partial charge in [-0.2, -0.15) is 8.78 Å². The first-order valence-corrected chi connectivity index (χ1v) is 7.22. The lowest BCUT2D eigenvalue weighted by atomic mass is 10.2. The Bertz CT molecular complexity index is 928. The van der Waals surface area contributed by atoms with Crippen molar-refractivity contribution < 1.29 is 13.6 Å². The van der Waals surface area contributed by atoms with Crippen LogP contribution >= 0.6 is 0 Å². The number of hydrogen-bond donors (Lipinski definition) is 2. The predicted octanol–water partition coefficient (Wildman–Crippen LogP) is 2.61. The normalized spacial score (nSPS) is 12.5. The third-order valence-corrected chi connectivity index (χ3v) is 3.60. The van der Waals surface area contributed by atoms with E-state index in [9.17, 15) is 18.4 Å². The number of para-hydroxylation sites is 2. The maximum Gasteiger partial charge on any atom is 0.320 e. The minimum absolute atomic E-state index is 0.0592. The molecule has 124 valence electrons. The van der Waals surface area contributed by atoms with Gasteiger partial charge in [0.15, 0.2) is 0 Å². The number of pyridine rings is 1. The summed E-state index contributed by atoms with van der Waals surface area (Å²) in [5.41, 5.74) is 0.617. The molecular weight excluding hydrogens is 318 g/mol. The van der Waals surface area contributed by atoms with Gasteiger partial charge in [-0.25, -0.2) is 4.98 Å². The van der Waals surface area contributed by atoms with E-state index in [1.807, 2.05) is 0 Å². The lowest BCUT2D eigenvalue weighted by Gasteiger charge is -2.15. The molecular formula is C16H14F2N4O2. The van der Waals surface area contributed by atoms with Gasteiger partial charge in [0, 0.05) is 12.3 Å². The SMILES string of the molecule is C[C@H](NC(=O)c1ccc(=O)[nH]c1)c1nc2ccccc2n1C(F)F. The van der Waals surface area contributed by atoms with E-state index in [1.54, 1.807) is 31.2 Å². The Morgan fingerprint density at radius 1 is 1.25 bits per heavy atom. The van der Waals surface area contributed by atoms with Crippen LogP contribution in [0.25, 0.3) is 11.0 Å². The summed E-state index contributed by atoms with van der Waals surface area (Å²) in [6.45, 7) is -1.20. The number of alkyl halides is 2. The maximum atomic E-state index is 13.4. The number of nitrogens with one attached hydrogen (secondary N) is 2. The minimum Gasteiger partial charge on any atom is -0.342 e. The van der Waals surface area contributed by atoms with Crippen LogP contribution in [0.4, 0.5) is 8.78 Å². The Hall–Kier alpha value is -3.03. The Balaban J connectivity index is 1.92. The number of amides is 1. The van der Waals surface area contributed by atoms with Gasteiger partial charge in [-0.05, 0) is 25.1 Å². The van der Waals surface area contributed by atoms with E-state index in [4.69, 9.17) is 0 Å². The predicted molar refractivity (Wildman–Crippen MR) is 83.9 cm³/mol. The first-order chi connectivity index (χ1) is 11.5. The highest BCUT2D eigenvalue weighted by molar-refractivity contribution is 5.94. The van der Waals surface area contributed by atoms with Crippen LogP contribution in [0, 0.1) is 0 Å². The number of imidazole rings is 1. The van der Waals surface area contributed by atoms with Gasteiger partial charge in [-0.15, -0.1) is 0 Å². The summed E-state index contributed by atoms with van der Waals surface area (Å²) in [5, 5.41) is 2.61. The number of aromatic amines is 1. The van der Waals surface area contributed by atoms with Gasteiger partial charge in [-0.1, -0.05) is 12.1 Å². The number of carbonyl (C=O) groups is 1. The number of benzene rings is 1. The molecule has 3 rings (SSSR count). The lowest BCUT2D eigenvalue weighted by molar-refractivity contribution is 0.0688. The van der Waals surface area contributed by atoms with Crippen LogP contribution in [0.2, 0.25) is 0 Å². The Kier molecular flexibility index (Phi) is 4.11. The third kappa shape index (κ3) is 2.90. The summed E-state index contributed by atoms with van der Waals surface area (Å²) in [5.74, 6) is -0.435. The molecule has 0 radical (unpaired) electrons. The maximum absolute atomic E-state index is 13.4. The van der Waals surface area contributed by atoms with Crippen LogP contribution in [-0.4, -0.2) is 20.4 Å². The van der Waals surface area contributed by atoms with Gasteiger partial charge in [0.2, 0.25) is 5.56 Å². The summed E-state index contributed by atoms with van der Waals surface area (Å²) < 4.78 is 27.7. The van der Waals surface area contributed by atoms with Crippen LogP contribution in [0.3, 0.4) is 0 Å². The number of halogens is 2. The lowest BCUT2D eigenvalue weighted by Crippen LogP contribution is -2.29. The molecule has 1 aromatic carbocycles. The van der Waals surface area contributed by atoms with Gasteiger partial charge in [0.05, 0.1) is 22.6 Å². The van der Waals surface area contributed by atoms with Crippen LogP contribution in [0.15, 0.2) is 47.4 Å². The van der Waals surface area contributed by atoms with Crippen LogP contribution in [0.5, 0.6) is 0 Å². The molecule has 1 amide bonds. The van der Waals surface area contributed by atoms with Crippen LogP contribution in [-0.2, 0) is 0 Å². The first kappa shape index (κ1) is 15.9. The first-order valence-electron chi connectivity index (χ1n) is 7.22. The van der Waals surface area contributed by atoms with Crippen molar-refractivity contribution in [3.05, 3.63) is 64.3 Å². The molecule has 2 aromatic heterocycles. The number of carbonyl (C=O) groups excluding carboxylic acids is 1. The summed E-state index contributed by atoms with van der Waals surface area (Å²) in [6, 6.07) is 8.37. The number of hydrogen-bond acceptors (Lipinski definition) is 3. The van der Waals surface area contributed by atoms with Crippen molar-refractivity contribution in [2.24, 2.45) is 0 Å². The van der Waals surface area contributed by atoms with Gasteiger partial charge in [-0.3, -0.25) is 14.2 Å². The molecule has 8 heteroatoms. The van der Waals surface area contributed by atoms with E-state index >= 15 is 0 Å². The molecule has 24 heavy (non-hydrogen) atoms. The standard InChI is InChI=1S/C16H14F2N4O2/c1-9(20-15(24)10-6-7-13(23)19-8-10)14-21-11-4-2-3-5-12(11)22(14)16(17)18/h2-9,16H,1H3,(H,19,23)(H,20,24)/t9-/m0/s1. The molecule has 0 spiro atoms. The fourth-order valence-electron chi connectivity index (χ4n) is 2.47. The molecule has 0 bridgehead atoms. The van der Waals surface area contributed by atoms with Gasteiger partial charge in [0.25, 0.3) is 5.91 Å². The summed E-state index contributed by atoms with van der Waals surface area (Å²) in [6.07, 6.45) is 1.26. The van der Waals surface area contributed by atoms with Crippen LogP contribution < -0.4 is 10.9 Å². The summed E-state index contributed by atoms with van der Waals surface area (Å²) in [4.78, 5) is 29.8. The Morgan fingerprint density at radius 3 is 2.67 bits per heavy atom. The molecule has 0 saturated heterocycles. The highest BCUT2D eigenvalue weighted by Crippen LogP contribution is 2.26. The van der Waals surface area contributed by atoms with E-state index in [0.29, 0.717) is 11.0 Å². The topological polar surface area (TPSA) is 79.8 Å². The van der Waals surface area contributed by atoms with Crippen molar-refractivity contribution in [3.63, 3.8) is 0 Å². The zero-order valence-electron chi connectivity index (χ0n) is 12.7. The highest BCUT2D eigenvalue weighted by Gasteiger charge is 2.23. The average molecular weight is 332 g/mol. The molecule has 2 N–H and O–H groups in total. The van der Waals surface area contributed by atoms with Crippen molar-refractivity contribution in [1.29, 1.82) is 0 Å². The zero-order valence-corrected chi connectivity index (χ0v) is 12.7. The van der Waals surface area contributed by atoms with E-state index in [0.717, 1.165) is 4.57 Å². The number of nitrogens with zero attached hydrogens (tertiary/aromatic N) is 2. The van der Waals surface area contributed by atoms with Gasteiger partial charge in [0.1, 0.15) is 5.82 Å². The number of fused-ring (bicyclic) bond motifs is 1. The molecule has 0 aliphatic rings. The highest BCUT2D eigenvalue weighted by atomic mass is 19.3. The fraction of sp³-hybridized carbons (Fsp3) is 0.188. The molecule has 1 atom stereocenters. The molecule has 0 aliphatic carbocycles. The number of aromatic nitrogens is 3. The monoisotopic (exact) mass is 332 g/mol. The second kappa shape index (κ2) is 6.23. The zero-order chi connectivity index (χ0) is 17.3. The van der Waals surface area contributed by atoms with Crippen molar-refractivity contribution in [2.75, 3.05) is 0 Å². The Labute approximate surface area is 135 Å². The fourth-order valence-corrected chi connectivity index (χ4v) is 2.47. The van der Waals surface area contributed by atoms with Gasteiger partial charge >= 0.3 is 6.55 Å². The average Bonchev–Trinajstić information content (AvgIpc) is 2.95. The largest absolute Gasteiger partial charge is 0.342 e. The molecule has 0 unspecified atom stereocenters. The van der Waals surface area contributed by atoms with E-state index in [2.05, 4.69) is 15.3 Å². The summed E-state index contributed by atoms with van der Waals surface area (Å²) >= 11 is 0. The van der Waals surface area contributed by atoms with E-state index < -0.39 is 18.5 Å². The van der Waals surface area contributed by atoms with Crippen molar-refractivity contribution in [3.8, 4) is 0 Å². The Morgan fingerprint density at radius 2 is 2.00 bits per heavy atom. The second-order valence-electron chi connectivity index (χ2n) is 5.24. The summed E-state index contributed by atoms with van der Waals surface area (Å²) in [7, 11) is 0. The van der Waals surface area contributed by atoms with Gasteiger partial charge < -0.3 is 10.3 Å². The molecule has 2 heterocycles. The molecule has 0 saturated carbocycles. The van der Waals surface area contributed by atoms with Crippen LogP contribution in [0.1, 0.15) is 35.7 Å². The van der Waals surface area contributed by atoms with E-state index in [1.165, 1.54) is 18.3 Å². The molecule has 0 fully saturated rings. The third-order valence-electron chi connectivity index (χ3n) is 3.60. The smallest absolute Gasteiger partial charge is 0.320 e. The molecule has 6 nitrogen and oxygen atoms in total. The second-order valence-corrected chi connectivity index (χ2v) is 5.24. The quantitative estimate of drug-likeness (QED) is 0.771. The number of H-pyrrole nitrogens is 1. The molecule has 3 aromatic rings. The van der Waals surface area contributed by atoms with E-state index in [-0.39, 0.29) is 16.9 Å². The van der Waals surface area contributed by atoms with Crippen molar-refractivity contribution in [1.82, 2.24) is 19.9 Å². The van der Waals surface area contributed by atoms with Crippen molar-refractivity contribution >= 4 is 16.9 Å². The minimum atomic E-state index is -2.78.